The fourth-order valence-electron chi connectivity index (χ4n) is 1.92. The van der Waals surface area contributed by atoms with Gasteiger partial charge < -0.3 is 10.6 Å². The number of halogens is 4. The molecular formula is C13H14ClF3N6. The molecule has 0 saturated carbocycles. The van der Waals surface area contributed by atoms with Gasteiger partial charge in [0.15, 0.2) is 5.82 Å². The Balaban J connectivity index is 2.48. The van der Waals surface area contributed by atoms with Gasteiger partial charge in [-0.25, -0.2) is 4.98 Å². The predicted molar refractivity (Wildman–Crippen MR) is 81.0 cm³/mol. The largest absolute Gasteiger partial charge is 0.408 e. The zero-order chi connectivity index (χ0) is 17.2. The molecule has 10 heteroatoms. The van der Waals surface area contributed by atoms with Crippen LogP contribution in [-0.4, -0.2) is 38.7 Å². The van der Waals surface area contributed by atoms with Gasteiger partial charge in [0.05, 0.1) is 0 Å². The average molecular weight is 347 g/mol. The van der Waals surface area contributed by atoms with Crippen LogP contribution in [0, 0.1) is 0 Å². The number of alkyl halides is 3. The van der Waals surface area contributed by atoms with Crippen LogP contribution >= 0.6 is 11.6 Å². The number of nitrogens with two attached hydrogens (primary N) is 1. The number of hydrogen-bond acceptors (Lipinski definition) is 6. The lowest BCUT2D eigenvalue weighted by Crippen LogP contribution is -2.44. The number of nitrogens with zero attached hydrogens (tertiary/aromatic N) is 5. The zero-order valence-electron chi connectivity index (χ0n) is 12.3. The van der Waals surface area contributed by atoms with E-state index < -0.39 is 12.2 Å². The number of hydrogen-bond donors (Lipinski definition) is 1. The first kappa shape index (κ1) is 17.2. The first-order valence-electron chi connectivity index (χ1n) is 6.70. The van der Waals surface area contributed by atoms with Crippen LogP contribution in [0.3, 0.4) is 0 Å². The molecule has 2 aromatic heterocycles. The molecule has 0 radical (unpaired) electrons. The van der Waals surface area contributed by atoms with Crippen LogP contribution in [-0.2, 0) is 0 Å². The maximum absolute atomic E-state index is 13.0. The van der Waals surface area contributed by atoms with Crippen LogP contribution in [0.2, 0.25) is 5.15 Å². The van der Waals surface area contributed by atoms with E-state index in [1.807, 2.05) is 0 Å². The van der Waals surface area contributed by atoms with Crippen molar-refractivity contribution in [3.8, 4) is 11.5 Å². The van der Waals surface area contributed by atoms with Crippen molar-refractivity contribution in [1.82, 2.24) is 19.9 Å². The zero-order valence-corrected chi connectivity index (χ0v) is 13.1. The van der Waals surface area contributed by atoms with Crippen LogP contribution in [0.1, 0.15) is 13.8 Å². The second-order valence-corrected chi connectivity index (χ2v) is 5.05. The van der Waals surface area contributed by atoms with Gasteiger partial charge in [-0.15, -0.1) is 0 Å². The number of anilines is 2. The summed E-state index contributed by atoms with van der Waals surface area (Å²) in [4.78, 5) is 16.8. The van der Waals surface area contributed by atoms with Gasteiger partial charge in [0.1, 0.15) is 16.9 Å². The van der Waals surface area contributed by atoms with Crippen LogP contribution in [0.25, 0.3) is 11.5 Å². The third-order valence-corrected chi connectivity index (χ3v) is 3.33. The van der Waals surface area contributed by atoms with Gasteiger partial charge in [0.25, 0.3) is 0 Å². The number of nitrogen functional groups attached to an aromatic ring is 1. The summed E-state index contributed by atoms with van der Waals surface area (Å²) >= 11 is 5.80. The SMILES string of the molecule is CCN(c1nc(N)nc(-c2cccc(Cl)n2)n1)[C@H](C)C(F)(F)F. The van der Waals surface area contributed by atoms with E-state index in [2.05, 4.69) is 19.9 Å². The lowest BCUT2D eigenvalue weighted by Gasteiger charge is -2.29. The summed E-state index contributed by atoms with van der Waals surface area (Å²) in [7, 11) is 0. The third kappa shape index (κ3) is 3.98. The Morgan fingerprint density at radius 1 is 1.22 bits per heavy atom. The van der Waals surface area contributed by atoms with Gasteiger partial charge >= 0.3 is 6.18 Å². The summed E-state index contributed by atoms with van der Waals surface area (Å²) in [5.41, 5.74) is 5.90. The first-order chi connectivity index (χ1) is 10.7. The quantitative estimate of drug-likeness (QED) is 0.857. The third-order valence-electron chi connectivity index (χ3n) is 3.12. The molecule has 0 amide bonds. The smallest absolute Gasteiger partial charge is 0.368 e. The minimum absolute atomic E-state index is 0.0482. The van der Waals surface area contributed by atoms with Crippen molar-refractivity contribution in [1.29, 1.82) is 0 Å². The predicted octanol–water partition coefficient (Wildman–Crippen LogP) is 2.95. The molecule has 2 heterocycles. The summed E-state index contributed by atoms with van der Waals surface area (Å²) in [5.74, 6) is -0.302. The maximum Gasteiger partial charge on any atom is 0.408 e. The highest BCUT2D eigenvalue weighted by Crippen LogP contribution is 2.28. The highest BCUT2D eigenvalue weighted by molar-refractivity contribution is 6.29. The molecule has 23 heavy (non-hydrogen) atoms. The highest BCUT2D eigenvalue weighted by Gasteiger charge is 2.40. The fraction of sp³-hybridized carbons (Fsp3) is 0.385. The molecule has 0 spiro atoms. The van der Waals surface area contributed by atoms with Crippen molar-refractivity contribution in [3.63, 3.8) is 0 Å². The molecule has 0 fully saturated rings. The number of aromatic nitrogens is 4. The van der Waals surface area contributed by atoms with Gasteiger partial charge in [-0.05, 0) is 26.0 Å². The average Bonchev–Trinajstić information content (AvgIpc) is 2.46. The maximum atomic E-state index is 13.0. The summed E-state index contributed by atoms with van der Waals surface area (Å²) in [6.07, 6.45) is -4.42. The molecule has 0 aliphatic carbocycles. The Hall–Kier alpha value is -2.16. The Morgan fingerprint density at radius 2 is 1.91 bits per heavy atom. The Bertz CT molecular complexity index is 694. The van der Waals surface area contributed by atoms with Gasteiger partial charge in [0, 0.05) is 6.54 Å². The van der Waals surface area contributed by atoms with Crippen LogP contribution in [0.5, 0.6) is 0 Å². The van der Waals surface area contributed by atoms with E-state index in [0.29, 0.717) is 5.69 Å². The standard InChI is InChI=1S/C13H14ClF3N6/c1-3-23(7(2)13(15,16)17)12-21-10(20-11(18)22-12)8-5-4-6-9(14)19-8/h4-7H,3H2,1-2H3,(H2,18,20,21,22)/t7-/m1/s1. The summed E-state index contributed by atoms with van der Waals surface area (Å²) in [6.45, 7) is 2.65. The molecule has 2 rings (SSSR count). The van der Waals surface area contributed by atoms with E-state index in [0.717, 1.165) is 11.8 Å². The molecule has 6 nitrogen and oxygen atoms in total. The van der Waals surface area contributed by atoms with Crippen LogP contribution in [0.4, 0.5) is 25.1 Å². The van der Waals surface area contributed by atoms with Crippen molar-refractivity contribution in [2.24, 2.45) is 0 Å². The minimum atomic E-state index is -4.42. The van der Waals surface area contributed by atoms with Crippen molar-refractivity contribution < 1.29 is 13.2 Å². The van der Waals surface area contributed by atoms with E-state index in [9.17, 15) is 13.2 Å². The molecule has 124 valence electrons. The van der Waals surface area contributed by atoms with Crippen LogP contribution < -0.4 is 10.6 Å². The van der Waals surface area contributed by atoms with Crippen molar-refractivity contribution in [2.45, 2.75) is 26.1 Å². The van der Waals surface area contributed by atoms with E-state index >= 15 is 0 Å². The fourth-order valence-corrected chi connectivity index (χ4v) is 2.09. The Morgan fingerprint density at radius 3 is 2.48 bits per heavy atom. The lowest BCUT2D eigenvalue weighted by molar-refractivity contribution is -0.144. The topological polar surface area (TPSA) is 80.8 Å². The summed E-state index contributed by atoms with van der Waals surface area (Å²) in [6, 6.07) is 2.99. The second-order valence-electron chi connectivity index (χ2n) is 4.67. The second kappa shape index (κ2) is 6.53. The molecule has 2 aromatic rings. The number of pyridine rings is 1. The molecule has 0 aliphatic heterocycles. The monoisotopic (exact) mass is 346 g/mol. The van der Waals surface area contributed by atoms with Crippen molar-refractivity contribution >= 4 is 23.5 Å². The van der Waals surface area contributed by atoms with E-state index in [1.165, 1.54) is 0 Å². The van der Waals surface area contributed by atoms with Crippen molar-refractivity contribution in [2.75, 3.05) is 17.2 Å². The molecular weight excluding hydrogens is 333 g/mol. The molecule has 0 aromatic carbocycles. The molecule has 0 bridgehead atoms. The molecule has 0 unspecified atom stereocenters. The Kier molecular flexibility index (Phi) is 4.88. The molecule has 0 aliphatic rings. The summed E-state index contributed by atoms with van der Waals surface area (Å²) < 4.78 is 38.9. The lowest BCUT2D eigenvalue weighted by atomic mass is 10.3. The Labute approximate surface area is 135 Å². The first-order valence-corrected chi connectivity index (χ1v) is 7.08. The van der Waals surface area contributed by atoms with E-state index in [1.54, 1.807) is 25.1 Å². The summed E-state index contributed by atoms with van der Waals surface area (Å²) in [5, 5.41) is 0.207. The normalized spacial score (nSPS) is 13.0. The van der Waals surface area contributed by atoms with Gasteiger partial charge in [-0.1, -0.05) is 17.7 Å². The van der Waals surface area contributed by atoms with Crippen LogP contribution in [0.15, 0.2) is 18.2 Å². The highest BCUT2D eigenvalue weighted by atomic mass is 35.5. The molecule has 1 atom stereocenters. The molecule has 2 N–H and O–H groups in total. The number of rotatable bonds is 4. The van der Waals surface area contributed by atoms with Crippen molar-refractivity contribution in [3.05, 3.63) is 23.4 Å². The van der Waals surface area contributed by atoms with Gasteiger partial charge in [0.2, 0.25) is 11.9 Å². The van der Waals surface area contributed by atoms with E-state index in [-0.39, 0.29) is 29.4 Å². The minimum Gasteiger partial charge on any atom is -0.368 e. The van der Waals surface area contributed by atoms with E-state index in [4.69, 9.17) is 17.3 Å². The molecule has 0 saturated heterocycles. The van der Waals surface area contributed by atoms with Gasteiger partial charge in [-0.2, -0.15) is 28.1 Å². The van der Waals surface area contributed by atoms with Gasteiger partial charge in [-0.3, -0.25) is 0 Å².